The van der Waals surface area contributed by atoms with Crippen LogP contribution in [-0.4, -0.2) is 34.1 Å². The van der Waals surface area contributed by atoms with Crippen molar-refractivity contribution in [2.75, 3.05) is 13.1 Å². The van der Waals surface area contributed by atoms with Gasteiger partial charge in [-0.3, -0.25) is 9.59 Å². The van der Waals surface area contributed by atoms with Gasteiger partial charge in [-0.2, -0.15) is 5.10 Å². The third-order valence-corrected chi connectivity index (χ3v) is 3.84. The molecule has 1 amide bonds. The highest BCUT2D eigenvalue weighted by Crippen LogP contribution is 2.22. The van der Waals surface area contributed by atoms with Crippen molar-refractivity contribution in [2.45, 2.75) is 34.1 Å². The number of hydrogen-bond donors (Lipinski definition) is 1. The highest BCUT2D eigenvalue weighted by Gasteiger charge is 2.28. The Bertz CT molecular complexity index is 540. The molecule has 2 heterocycles. The Morgan fingerprint density at radius 1 is 1.26 bits per heavy atom. The van der Waals surface area contributed by atoms with Gasteiger partial charge in [0.05, 0.1) is 5.69 Å². The summed E-state index contributed by atoms with van der Waals surface area (Å²) in [6.07, 6.45) is 1.13. The summed E-state index contributed by atoms with van der Waals surface area (Å²) in [5.41, 5.74) is 1.23. The molecule has 0 unspecified atom stereocenters. The number of carbonyl (C=O) groups is 1. The first-order valence-corrected chi connectivity index (χ1v) is 6.75. The molecule has 0 bridgehead atoms. The predicted molar refractivity (Wildman–Crippen MR) is 73.2 cm³/mol. The van der Waals surface area contributed by atoms with Crippen LogP contribution in [0.5, 0.6) is 0 Å². The fraction of sp³-hybridized carbons (Fsp3) is 0.643. The van der Waals surface area contributed by atoms with E-state index in [9.17, 15) is 9.59 Å². The molecule has 0 aliphatic carbocycles. The Morgan fingerprint density at radius 2 is 1.84 bits per heavy atom. The van der Waals surface area contributed by atoms with Gasteiger partial charge >= 0.3 is 0 Å². The first kappa shape index (κ1) is 13.8. The zero-order chi connectivity index (χ0) is 14.2. The summed E-state index contributed by atoms with van der Waals surface area (Å²) in [6, 6.07) is 0. The summed E-state index contributed by atoms with van der Waals surface area (Å²) in [4.78, 5) is 26.2. The molecule has 2 atom stereocenters. The normalized spacial score (nSPS) is 23.5. The largest absolute Gasteiger partial charge is 0.338 e. The van der Waals surface area contributed by atoms with Gasteiger partial charge in [-0.15, -0.1) is 0 Å². The quantitative estimate of drug-likeness (QED) is 0.835. The molecule has 5 heteroatoms. The van der Waals surface area contributed by atoms with Crippen LogP contribution in [0.25, 0.3) is 0 Å². The molecule has 1 aliphatic rings. The van der Waals surface area contributed by atoms with Crippen LogP contribution < -0.4 is 5.56 Å². The number of nitrogens with zero attached hydrogens (tertiary/aromatic N) is 2. The van der Waals surface area contributed by atoms with Crippen LogP contribution in [0.2, 0.25) is 0 Å². The highest BCUT2D eigenvalue weighted by atomic mass is 16.2. The molecule has 1 saturated heterocycles. The molecule has 0 aromatic carbocycles. The van der Waals surface area contributed by atoms with Crippen molar-refractivity contribution in [3.05, 3.63) is 27.2 Å². The van der Waals surface area contributed by atoms with Gasteiger partial charge in [-0.05, 0) is 37.7 Å². The smallest absolute Gasteiger partial charge is 0.277 e. The first-order chi connectivity index (χ1) is 8.90. The van der Waals surface area contributed by atoms with Crippen molar-refractivity contribution >= 4 is 5.91 Å². The Kier molecular flexibility index (Phi) is 3.73. The van der Waals surface area contributed by atoms with E-state index in [2.05, 4.69) is 24.0 Å². The van der Waals surface area contributed by atoms with Crippen LogP contribution >= 0.6 is 0 Å². The molecular formula is C14H21N3O2. The molecule has 5 nitrogen and oxygen atoms in total. The summed E-state index contributed by atoms with van der Waals surface area (Å²) in [5, 5.41) is 6.29. The second-order valence-electron chi connectivity index (χ2n) is 5.79. The number of H-pyrrole nitrogens is 1. The fourth-order valence-corrected chi connectivity index (χ4v) is 2.87. The average molecular weight is 263 g/mol. The highest BCUT2D eigenvalue weighted by molar-refractivity contribution is 5.95. The minimum absolute atomic E-state index is 0.164. The van der Waals surface area contributed by atoms with Crippen molar-refractivity contribution in [1.29, 1.82) is 0 Å². The average Bonchev–Trinajstić information content (AvgIpc) is 2.33. The van der Waals surface area contributed by atoms with Crippen LogP contribution in [0, 0.1) is 25.7 Å². The molecule has 1 aromatic rings. The third-order valence-electron chi connectivity index (χ3n) is 3.84. The summed E-state index contributed by atoms with van der Waals surface area (Å²) in [5.74, 6) is 0.799. The van der Waals surface area contributed by atoms with Crippen LogP contribution in [0.15, 0.2) is 4.79 Å². The summed E-state index contributed by atoms with van der Waals surface area (Å²) >= 11 is 0. The Morgan fingerprint density at radius 3 is 2.42 bits per heavy atom. The molecule has 1 aliphatic heterocycles. The lowest BCUT2D eigenvalue weighted by Gasteiger charge is -2.35. The molecular weight excluding hydrogens is 242 g/mol. The van der Waals surface area contributed by atoms with Crippen LogP contribution in [0.4, 0.5) is 0 Å². The monoisotopic (exact) mass is 263 g/mol. The number of aromatic amines is 1. The second-order valence-corrected chi connectivity index (χ2v) is 5.79. The first-order valence-electron chi connectivity index (χ1n) is 6.75. The molecule has 19 heavy (non-hydrogen) atoms. The fourth-order valence-electron chi connectivity index (χ4n) is 2.87. The molecule has 0 saturated carbocycles. The number of nitrogens with one attached hydrogen (secondary N) is 1. The van der Waals surface area contributed by atoms with Crippen LogP contribution in [0.3, 0.4) is 0 Å². The molecule has 1 aromatic heterocycles. The SMILES string of the molecule is Cc1n[nH]c(=O)c(C(=O)N2C[C@H](C)C[C@@H](C)C2)c1C. The number of aryl methyl sites for hydroxylation is 1. The molecule has 104 valence electrons. The maximum absolute atomic E-state index is 12.6. The number of piperidine rings is 1. The van der Waals surface area contributed by atoms with Crippen molar-refractivity contribution < 1.29 is 4.79 Å². The predicted octanol–water partition coefficient (Wildman–Crippen LogP) is 1.50. The Balaban J connectivity index is 2.34. The van der Waals surface area contributed by atoms with Gasteiger partial charge in [0.15, 0.2) is 0 Å². The standard InChI is InChI=1S/C14H21N3O2/c1-8-5-9(2)7-17(6-8)14(19)12-10(3)11(4)15-16-13(12)18/h8-9H,5-7H2,1-4H3,(H,16,18)/t8-,9-/m1/s1. The van der Waals surface area contributed by atoms with Gasteiger partial charge < -0.3 is 4.90 Å². The zero-order valence-electron chi connectivity index (χ0n) is 12.0. The van der Waals surface area contributed by atoms with E-state index in [1.807, 2.05) is 0 Å². The molecule has 1 N–H and O–H groups in total. The van der Waals surface area contributed by atoms with E-state index in [0.717, 1.165) is 19.5 Å². The van der Waals surface area contributed by atoms with Gasteiger partial charge in [0.1, 0.15) is 5.56 Å². The topological polar surface area (TPSA) is 66.1 Å². The lowest BCUT2D eigenvalue weighted by Crippen LogP contribution is -2.44. The number of likely N-dealkylation sites (tertiary alicyclic amines) is 1. The van der Waals surface area contributed by atoms with Gasteiger partial charge in [0.2, 0.25) is 0 Å². The maximum Gasteiger partial charge on any atom is 0.277 e. The van der Waals surface area contributed by atoms with Gasteiger partial charge in [-0.25, -0.2) is 5.10 Å². The molecule has 0 radical (unpaired) electrons. The number of rotatable bonds is 1. The third kappa shape index (κ3) is 2.69. The Hall–Kier alpha value is -1.65. The number of hydrogen-bond acceptors (Lipinski definition) is 3. The lowest BCUT2D eigenvalue weighted by molar-refractivity contribution is 0.0620. The van der Waals surface area contributed by atoms with Gasteiger partial charge in [0.25, 0.3) is 11.5 Å². The van der Waals surface area contributed by atoms with Crippen molar-refractivity contribution in [3.8, 4) is 0 Å². The summed E-state index contributed by atoms with van der Waals surface area (Å²) in [6.45, 7) is 9.31. The van der Waals surface area contributed by atoms with Crippen LogP contribution in [0.1, 0.15) is 41.9 Å². The van der Waals surface area contributed by atoms with E-state index in [0.29, 0.717) is 23.1 Å². The van der Waals surface area contributed by atoms with Crippen molar-refractivity contribution in [1.82, 2.24) is 15.1 Å². The van der Waals surface area contributed by atoms with E-state index in [1.54, 1.807) is 18.7 Å². The zero-order valence-corrected chi connectivity index (χ0v) is 12.0. The minimum atomic E-state index is -0.390. The molecule has 2 rings (SSSR count). The summed E-state index contributed by atoms with van der Waals surface area (Å²) < 4.78 is 0. The minimum Gasteiger partial charge on any atom is -0.338 e. The summed E-state index contributed by atoms with van der Waals surface area (Å²) in [7, 11) is 0. The number of aromatic nitrogens is 2. The second kappa shape index (κ2) is 5.15. The molecule has 0 spiro atoms. The maximum atomic E-state index is 12.6. The van der Waals surface area contributed by atoms with E-state index in [4.69, 9.17) is 0 Å². The number of amides is 1. The lowest BCUT2D eigenvalue weighted by atomic mass is 9.91. The van der Waals surface area contributed by atoms with E-state index in [-0.39, 0.29) is 17.0 Å². The van der Waals surface area contributed by atoms with Crippen molar-refractivity contribution in [2.24, 2.45) is 11.8 Å². The van der Waals surface area contributed by atoms with Crippen LogP contribution in [-0.2, 0) is 0 Å². The van der Waals surface area contributed by atoms with Gasteiger partial charge in [0, 0.05) is 13.1 Å². The van der Waals surface area contributed by atoms with E-state index >= 15 is 0 Å². The van der Waals surface area contributed by atoms with Crippen molar-refractivity contribution in [3.63, 3.8) is 0 Å². The van der Waals surface area contributed by atoms with E-state index < -0.39 is 0 Å². The molecule has 1 fully saturated rings. The Labute approximate surface area is 113 Å². The van der Waals surface area contributed by atoms with Gasteiger partial charge in [-0.1, -0.05) is 13.8 Å². The number of carbonyl (C=O) groups excluding carboxylic acids is 1. The van der Waals surface area contributed by atoms with E-state index in [1.165, 1.54) is 0 Å².